The molecule has 0 aliphatic rings. The fraction of sp³-hybridized carbons (Fsp3) is 0.769. The quantitative estimate of drug-likeness (QED) is 0.396. The molecule has 0 radical (unpaired) electrons. The Kier molecular flexibility index (Phi) is 9.36. The predicted molar refractivity (Wildman–Crippen MR) is 72.9 cm³/mol. The number of carbonyl (C=O) groups is 3. The fourth-order valence-electron chi connectivity index (χ4n) is 1.43. The van der Waals surface area contributed by atoms with E-state index in [4.69, 9.17) is 15.6 Å². The standard InChI is InChI=1S/C13H24N2O5/c1-3-4-5-8-20-13(19)9(2)15-11(16)7-6-10(14)12(17)18/h9-10H,3-8,14H2,1-2H3,(H,15,16)(H,17,18). The van der Waals surface area contributed by atoms with Gasteiger partial charge in [0.05, 0.1) is 6.61 Å². The maximum Gasteiger partial charge on any atom is 0.328 e. The second kappa shape index (κ2) is 10.2. The van der Waals surface area contributed by atoms with Gasteiger partial charge in [-0.05, 0) is 19.8 Å². The number of aliphatic carboxylic acids is 1. The van der Waals surface area contributed by atoms with Crippen LogP contribution in [0.5, 0.6) is 0 Å². The number of carboxylic acid groups (broad SMARTS) is 1. The summed E-state index contributed by atoms with van der Waals surface area (Å²) in [6.07, 6.45) is 2.81. The number of rotatable bonds is 10. The molecule has 0 aromatic carbocycles. The first-order chi connectivity index (χ1) is 9.38. The van der Waals surface area contributed by atoms with Gasteiger partial charge in [0.2, 0.25) is 5.91 Å². The Bertz CT molecular complexity index is 333. The molecular weight excluding hydrogens is 264 g/mol. The zero-order valence-electron chi connectivity index (χ0n) is 12.1. The monoisotopic (exact) mass is 288 g/mol. The molecule has 0 spiro atoms. The van der Waals surface area contributed by atoms with Crippen LogP contribution in [-0.4, -0.2) is 41.6 Å². The lowest BCUT2D eigenvalue weighted by Crippen LogP contribution is -2.40. The van der Waals surface area contributed by atoms with E-state index in [0.29, 0.717) is 6.61 Å². The van der Waals surface area contributed by atoms with Crippen LogP contribution < -0.4 is 11.1 Å². The van der Waals surface area contributed by atoms with Crippen molar-refractivity contribution in [3.8, 4) is 0 Å². The molecule has 0 rings (SSSR count). The Morgan fingerprint density at radius 1 is 1.30 bits per heavy atom. The highest BCUT2D eigenvalue weighted by Gasteiger charge is 2.18. The molecule has 1 amide bonds. The minimum Gasteiger partial charge on any atom is -0.480 e. The summed E-state index contributed by atoms with van der Waals surface area (Å²) in [5.74, 6) is -2.06. The number of hydrogen-bond donors (Lipinski definition) is 3. The molecule has 0 saturated carbocycles. The third-order valence-electron chi connectivity index (χ3n) is 2.72. The summed E-state index contributed by atoms with van der Waals surface area (Å²) in [6, 6.07) is -1.82. The van der Waals surface area contributed by atoms with Gasteiger partial charge in [-0.15, -0.1) is 0 Å². The normalized spacial score (nSPS) is 13.3. The van der Waals surface area contributed by atoms with Gasteiger partial charge in [0.1, 0.15) is 12.1 Å². The number of amides is 1. The van der Waals surface area contributed by atoms with Gasteiger partial charge in [0, 0.05) is 6.42 Å². The smallest absolute Gasteiger partial charge is 0.328 e. The Morgan fingerprint density at radius 3 is 2.50 bits per heavy atom. The number of nitrogens with one attached hydrogen (secondary N) is 1. The summed E-state index contributed by atoms with van der Waals surface area (Å²) in [6.45, 7) is 3.92. The van der Waals surface area contributed by atoms with Gasteiger partial charge in [-0.25, -0.2) is 4.79 Å². The molecule has 20 heavy (non-hydrogen) atoms. The van der Waals surface area contributed by atoms with E-state index in [1.54, 1.807) is 0 Å². The molecule has 2 atom stereocenters. The second-order valence-electron chi connectivity index (χ2n) is 4.65. The third kappa shape index (κ3) is 8.47. The lowest BCUT2D eigenvalue weighted by Gasteiger charge is -2.13. The van der Waals surface area contributed by atoms with Crippen LogP contribution in [0.3, 0.4) is 0 Å². The minimum atomic E-state index is -1.15. The van der Waals surface area contributed by atoms with E-state index in [1.807, 2.05) is 6.92 Å². The molecule has 0 heterocycles. The van der Waals surface area contributed by atoms with Crippen molar-refractivity contribution in [1.29, 1.82) is 0 Å². The summed E-state index contributed by atoms with van der Waals surface area (Å²) in [5, 5.41) is 11.0. The van der Waals surface area contributed by atoms with E-state index < -0.39 is 29.9 Å². The molecule has 7 nitrogen and oxygen atoms in total. The number of esters is 1. The van der Waals surface area contributed by atoms with Crippen molar-refractivity contribution in [2.45, 2.75) is 58.0 Å². The Labute approximate surface area is 118 Å². The summed E-state index contributed by atoms with van der Waals surface area (Å²) < 4.78 is 5.00. The minimum absolute atomic E-state index is 0.0272. The van der Waals surface area contributed by atoms with E-state index >= 15 is 0 Å². The number of nitrogens with two attached hydrogens (primary N) is 1. The second-order valence-corrected chi connectivity index (χ2v) is 4.65. The van der Waals surface area contributed by atoms with Crippen molar-refractivity contribution in [3.63, 3.8) is 0 Å². The average molecular weight is 288 g/mol. The zero-order chi connectivity index (χ0) is 15.5. The highest BCUT2D eigenvalue weighted by Crippen LogP contribution is 1.98. The van der Waals surface area contributed by atoms with Gasteiger partial charge in [0.15, 0.2) is 0 Å². The summed E-state index contributed by atoms with van der Waals surface area (Å²) >= 11 is 0. The van der Waals surface area contributed by atoms with Crippen molar-refractivity contribution in [2.24, 2.45) is 5.73 Å². The molecular formula is C13H24N2O5. The molecule has 116 valence electrons. The molecule has 0 aromatic rings. The summed E-state index contributed by atoms with van der Waals surface area (Å²) in [5.41, 5.74) is 5.28. The Hall–Kier alpha value is -1.63. The van der Waals surface area contributed by atoms with E-state index in [1.165, 1.54) is 6.92 Å². The van der Waals surface area contributed by atoms with Crippen molar-refractivity contribution in [3.05, 3.63) is 0 Å². The third-order valence-corrected chi connectivity index (χ3v) is 2.72. The number of ether oxygens (including phenoxy) is 1. The number of carbonyl (C=O) groups excluding carboxylic acids is 2. The van der Waals surface area contributed by atoms with E-state index in [0.717, 1.165) is 19.3 Å². The van der Waals surface area contributed by atoms with Gasteiger partial charge in [0.25, 0.3) is 0 Å². The van der Waals surface area contributed by atoms with Crippen LogP contribution in [0.25, 0.3) is 0 Å². The van der Waals surface area contributed by atoms with Crippen LogP contribution in [0.15, 0.2) is 0 Å². The SMILES string of the molecule is CCCCCOC(=O)C(C)NC(=O)CCC(N)C(=O)O. The van der Waals surface area contributed by atoms with Crippen molar-refractivity contribution in [2.75, 3.05) is 6.61 Å². The number of unbranched alkanes of at least 4 members (excludes halogenated alkanes) is 2. The molecule has 2 unspecified atom stereocenters. The van der Waals surface area contributed by atoms with Crippen LogP contribution in [0.1, 0.15) is 46.0 Å². The topological polar surface area (TPSA) is 119 Å². The van der Waals surface area contributed by atoms with E-state index in [9.17, 15) is 14.4 Å². The molecule has 0 saturated heterocycles. The Morgan fingerprint density at radius 2 is 1.95 bits per heavy atom. The molecule has 7 heteroatoms. The maximum atomic E-state index is 11.5. The zero-order valence-corrected chi connectivity index (χ0v) is 12.1. The van der Waals surface area contributed by atoms with Crippen LogP contribution in [0.2, 0.25) is 0 Å². The van der Waals surface area contributed by atoms with Crippen molar-refractivity contribution < 1.29 is 24.2 Å². The lowest BCUT2D eigenvalue weighted by molar-refractivity contribution is -0.147. The number of carboxylic acids is 1. The molecule has 4 N–H and O–H groups in total. The van der Waals surface area contributed by atoms with Crippen LogP contribution >= 0.6 is 0 Å². The van der Waals surface area contributed by atoms with Crippen LogP contribution in [0, 0.1) is 0 Å². The summed E-state index contributed by atoms with van der Waals surface area (Å²) in [4.78, 5) is 33.5. The van der Waals surface area contributed by atoms with Crippen LogP contribution in [0.4, 0.5) is 0 Å². The summed E-state index contributed by atoms with van der Waals surface area (Å²) in [7, 11) is 0. The number of hydrogen-bond acceptors (Lipinski definition) is 5. The van der Waals surface area contributed by atoms with Crippen LogP contribution in [-0.2, 0) is 19.1 Å². The first kappa shape index (κ1) is 18.4. The highest BCUT2D eigenvalue weighted by molar-refractivity contribution is 5.84. The van der Waals surface area contributed by atoms with E-state index in [-0.39, 0.29) is 12.8 Å². The van der Waals surface area contributed by atoms with Gasteiger partial charge in [-0.2, -0.15) is 0 Å². The maximum absolute atomic E-state index is 11.5. The lowest BCUT2D eigenvalue weighted by atomic mass is 10.1. The molecule has 0 bridgehead atoms. The van der Waals surface area contributed by atoms with Crippen molar-refractivity contribution >= 4 is 17.8 Å². The first-order valence-electron chi connectivity index (χ1n) is 6.82. The largest absolute Gasteiger partial charge is 0.480 e. The van der Waals surface area contributed by atoms with Gasteiger partial charge in [-0.1, -0.05) is 19.8 Å². The van der Waals surface area contributed by atoms with Gasteiger partial charge in [-0.3, -0.25) is 9.59 Å². The Balaban J connectivity index is 3.88. The molecule has 0 fully saturated rings. The van der Waals surface area contributed by atoms with Gasteiger partial charge < -0.3 is 20.9 Å². The molecule has 0 aliphatic heterocycles. The molecule has 0 aromatic heterocycles. The molecule has 0 aliphatic carbocycles. The van der Waals surface area contributed by atoms with Gasteiger partial charge >= 0.3 is 11.9 Å². The predicted octanol–water partition coefficient (Wildman–Crippen LogP) is 0.417. The fourth-order valence-corrected chi connectivity index (χ4v) is 1.43. The average Bonchev–Trinajstić information content (AvgIpc) is 2.40. The van der Waals surface area contributed by atoms with E-state index in [2.05, 4.69) is 5.32 Å². The first-order valence-corrected chi connectivity index (χ1v) is 6.82. The van der Waals surface area contributed by atoms with Crippen molar-refractivity contribution in [1.82, 2.24) is 5.32 Å². The highest BCUT2D eigenvalue weighted by atomic mass is 16.5.